The molecule has 0 heterocycles. The molecular formula is C36H48O10. The van der Waals surface area contributed by atoms with Crippen molar-refractivity contribution >= 4 is 35.3 Å². The van der Waals surface area contributed by atoms with Gasteiger partial charge < -0.3 is 19.3 Å². The summed E-state index contributed by atoms with van der Waals surface area (Å²) in [6.07, 6.45) is 6.02. The van der Waals surface area contributed by atoms with Crippen LogP contribution in [0.3, 0.4) is 0 Å². The number of Topliss-reactive ketones (excluding diaryl/α,β-unsaturated/α-hetero) is 2. The molecule has 0 saturated heterocycles. The molecule has 0 aromatic carbocycles. The second-order valence-corrected chi connectivity index (χ2v) is 15.6. The molecular weight excluding hydrogens is 592 g/mol. The standard InChI is InChI=1S/C36H48O10/c1-19(37)44-24-16-23-22(32(6,7)30(24)42)12-13-26-33(8)17-25(45-20(2)38)29(34(33,9)18-28(41)35(23,26)10)36(11,43)27(40)14-15-31(4,5)46-21(3)39/h12,14-16,23,25-26,29,43H,13,17-18H2,1-11H3/b15-14+/t23-,25-,26-,29+,33+,34-,35+,36+/m1/s1. The SMILES string of the molecule is CC(=O)OC1=C[C@@H]2C(=CC[C@H]3[C@@]2(C)C(=O)C[C@]2(C)[C@@H]([C@@](C)(O)C(=O)/C=C/C(C)(C)OC(C)=O)[C@H](OC(C)=O)C[C@@]32C)C(C)(C)C1=O. The van der Waals surface area contributed by atoms with E-state index in [1.165, 1.54) is 39.8 Å². The number of ketones is 3. The van der Waals surface area contributed by atoms with Crippen LogP contribution in [0.25, 0.3) is 0 Å². The fraction of sp³-hybridized carbons (Fsp3) is 0.667. The Morgan fingerprint density at radius 1 is 0.935 bits per heavy atom. The number of carbonyl (C=O) groups excluding carboxylic acids is 6. The van der Waals surface area contributed by atoms with Gasteiger partial charge in [-0.25, -0.2) is 0 Å². The van der Waals surface area contributed by atoms with E-state index in [0.29, 0.717) is 6.42 Å². The number of carbonyl (C=O) groups is 6. The fourth-order valence-corrected chi connectivity index (χ4v) is 9.47. The molecule has 46 heavy (non-hydrogen) atoms. The van der Waals surface area contributed by atoms with Crippen LogP contribution in [0.5, 0.6) is 0 Å². The van der Waals surface area contributed by atoms with E-state index in [2.05, 4.69) is 0 Å². The number of allylic oxidation sites excluding steroid dienone is 4. The topological polar surface area (TPSA) is 150 Å². The zero-order valence-electron chi connectivity index (χ0n) is 28.9. The van der Waals surface area contributed by atoms with Crippen molar-refractivity contribution in [1.29, 1.82) is 0 Å². The molecule has 10 heteroatoms. The average molecular weight is 641 g/mol. The van der Waals surface area contributed by atoms with Crippen molar-refractivity contribution in [3.8, 4) is 0 Å². The lowest BCUT2D eigenvalue weighted by molar-refractivity contribution is -0.181. The number of ether oxygens (including phenoxy) is 3. The number of rotatable bonds is 7. The van der Waals surface area contributed by atoms with Crippen LogP contribution in [0.2, 0.25) is 0 Å². The first-order chi connectivity index (χ1) is 20.9. The van der Waals surface area contributed by atoms with E-state index in [0.717, 1.165) is 5.57 Å². The Hall–Kier alpha value is -3.40. The largest absolute Gasteiger partial charge is 0.462 e. The first-order valence-corrected chi connectivity index (χ1v) is 15.9. The van der Waals surface area contributed by atoms with Crippen LogP contribution >= 0.6 is 0 Å². The second kappa shape index (κ2) is 11.1. The highest BCUT2D eigenvalue weighted by molar-refractivity contribution is 6.03. The normalized spacial score (nSPS) is 36.3. The number of aliphatic hydroxyl groups is 1. The van der Waals surface area contributed by atoms with Crippen molar-refractivity contribution in [2.75, 3.05) is 0 Å². The number of esters is 3. The molecule has 0 aromatic rings. The van der Waals surface area contributed by atoms with Crippen LogP contribution < -0.4 is 0 Å². The van der Waals surface area contributed by atoms with Gasteiger partial charge in [0.15, 0.2) is 11.5 Å². The molecule has 2 fully saturated rings. The fourth-order valence-electron chi connectivity index (χ4n) is 9.47. The minimum absolute atomic E-state index is 0.0279. The maximum atomic E-state index is 14.7. The Balaban J connectivity index is 1.85. The highest BCUT2D eigenvalue weighted by Crippen LogP contribution is 2.74. The minimum Gasteiger partial charge on any atom is -0.462 e. The monoisotopic (exact) mass is 640 g/mol. The molecule has 252 valence electrons. The lowest BCUT2D eigenvalue weighted by atomic mass is 9.39. The molecule has 10 nitrogen and oxygen atoms in total. The van der Waals surface area contributed by atoms with Crippen LogP contribution in [0.15, 0.2) is 35.6 Å². The van der Waals surface area contributed by atoms with Crippen molar-refractivity contribution in [3.05, 3.63) is 35.6 Å². The summed E-state index contributed by atoms with van der Waals surface area (Å²) in [7, 11) is 0. The molecule has 0 spiro atoms. The van der Waals surface area contributed by atoms with Gasteiger partial charge in [0.2, 0.25) is 5.78 Å². The van der Waals surface area contributed by atoms with Crippen molar-refractivity contribution in [2.24, 2.45) is 39.4 Å². The lowest BCUT2D eigenvalue weighted by Crippen LogP contribution is -2.64. The van der Waals surface area contributed by atoms with E-state index in [1.807, 2.05) is 26.8 Å². The molecule has 2 saturated carbocycles. The first-order valence-electron chi connectivity index (χ1n) is 15.9. The molecule has 0 amide bonds. The van der Waals surface area contributed by atoms with Crippen LogP contribution in [0, 0.1) is 39.4 Å². The summed E-state index contributed by atoms with van der Waals surface area (Å²) in [4.78, 5) is 77.8. The molecule has 8 atom stereocenters. The van der Waals surface area contributed by atoms with Crippen molar-refractivity contribution in [1.82, 2.24) is 0 Å². The number of hydrogen-bond acceptors (Lipinski definition) is 10. The summed E-state index contributed by atoms with van der Waals surface area (Å²) < 4.78 is 16.5. The summed E-state index contributed by atoms with van der Waals surface area (Å²) in [5, 5.41) is 12.1. The summed E-state index contributed by atoms with van der Waals surface area (Å²) in [6.45, 7) is 17.7. The highest BCUT2D eigenvalue weighted by Gasteiger charge is 2.75. The van der Waals surface area contributed by atoms with Crippen LogP contribution in [-0.2, 0) is 43.0 Å². The van der Waals surface area contributed by atoms with Gasteiger partial charge in [0.05, 0.1) is 5.41 Å². The zero-order valence-corrected chi connectivity index (χ0v) is 28.9. The molecule has 0 aliphatic heterocycles. The molecule has 4 rings (SSSR count). The third-order valence-electron chi connectivity index (χ3n) is 11.7. The predicted molar refractivity (Wildman–Crippen MR) is 167 cm³/mol. The van der Waals surface area contributed by atoms with Gasteiger partial charge in [-0.15, -0.1) is 0 Å². The lowest BCUT2D eigenvalue weighted by Gasteiger charge is -2.63. The maximum Gasteiger partial charge on any atom is 0.308 e. The molecule has 4 aliphatic carbocycles. The third kappa shape index (κ3) is 5.30. The van der Waals surface area contributed by atoms with E-state index < -0.39 is 74.5 Å². The van der Waals surface area contributed by atoms with Gasteiger partial charge in [-0.2, -0.15) is 0 Å². The van der Waals surface area contributed by atoms with Crippen molar-refractivity contribution < 1.29 is 48.1 Å². The van der Waals surface area contributed by atoms with Crippen LogP contribution in [-0.4, -0.2) is 57.7 Å². The number of fused-ring (bicyclic) bond motifs is 5. The van der Waals surface area contributed by atoms with E-state index in [1.54, 1.807) is 33.8 Å². The molecule has 0 radical (unpaired) electrons. The predicted octanol–water partition coefficient (Wildman–Crippen LogP) is 4.77. The summed E-state index contributed by atoms with van der Waals surface area (Å²) >= 11 is 0. The van der Waals surface area contributed by atoms with E-state index in [-0.39, 0.29) is 36.1 Å². The average Bonchev–Trinajstić information content (AvgIpc) is 3.11. The molecule has 0 bridgehead atoms. The van der Waals surface area contributed by atoms with E-state index >= 15 is 0 Å². The van der Waals surface area contributed by atoms with Gasteiger partial charge >= 0.3 is 17.9 Å². The van der Waals surface area contributed by atoms with Crippen LogP contribution in [0.1, 0.15) is 95.4 Å². The summed E-state index contributed by atoms with van der Waals surface area (Å²) in [5.74, 6) is -4.77. The van der Waals surface area contributed by atoms with Gasteiger partial charge in [0.1, 0.15) is 23.1 Å². The van der Waals surface area contributed by atoms with Gasteiger partial charge in [-0.3, -0.25) is 28.8 Å². The van der Waals surface area contributed by atoms with Gasteiger partial charge in [-0.05, 0) is 82.4 Å². The molecule has 0 unspecified atom stereocenters. The second-order valence-electron chi connectivity index (χ2n) is 15.6. The quantitative estimate of drug-likeness (QED) is 0.178. The highest BCUT2D eigenvalue weighted by atomic mass is 16.6. The molecule has 4 aliphatic rings. The van der Waals surface area contributed by atoms with Gasteiger partial charge in [0, 0.05) is 44.4 Å². The van der Waals surface area contributed by atoms with Crippen molar-refractivity contribution in [3.63, 3.8) is 0 Å². The van der Waals surface area contributed by atoms with E-state index in [9.17, 15) is 33.9 Å². The third-order valence-corrected chi connectivity index (χ3v) is 11.7. The van der Waals surface area contributed by atoms with E-state index in [4.69, 9.17) is 14.2 Å². The Morgan fingerprint density at radius 2 is 1.54 bits per heavy atom. The zero-order chi connectivity index (χ0) is 35.0. The Morgan fingerprint density at radius 3 is 2.09 bits per heavy atom. The Bertz CT molecular complexity index is 1490. The Labute approximate surface area is 271 Å². The summed E-state index contributed by atoms with van der Waals surface area (Å²) in [5.41, 5.74) is -6.16. The summed E-state index contributed by atoms with van der Waals surface area (Å²) in [6, 6.07) is 0. The maximum absolute atomic E-state index is 14.7. The van der Waals surface area contributed by atoms with Crippen molar-refractivity contribution in [2.45, 2.75) is 113 Å². The Kier molecular flexibility index (Phi) is 8.55. The van der Waals surface area contributed by atoms with Crippen LogP contribution in [0.4, 0.5) is 0 Å². The molecule has 0 aromatic heterocycles. The number of hydrogen-bond donors (Lipinski definition) is 1. The van der Waals surface area contributed by atoms with Gasteiger partial charge in [-0.1, -0.05) is 32.4 Å². The first kappa shape index (κ1) is 35.5. The minimum atomic E-state index is -2.07. The van der Waals surface area contributed by atoms with Gasteiger partial charge in [0.25, 0.3) is 0 Å². The smallest absolute Gasteiger partial charge is 0.308 e. The molecule has 1 N–H and O–H groups in total.